The standard InChI is InChI=1S/C13H16F2N2O4S/c14-10-1-2-11(15)12(9-10)22(20,21)17-7-5-16(6-8-17)4-3-13(18)19/h1-2,9H,3-8H2,(H,18,19). The lowest BCUT2D eigenvalue weighted by Crippen LogP contribution is -2.49. The summed E-state index contributed by atoms with van der Waals surface area (Å²) in [5, 5.41) is 8.62. The summed E-state index contributed by atoms with van der Waals surface area (Å²) in [7, 11) is -4.09. The maximum atomic E-state index is 13.7. The first kappa shape index (κ1) is 16.8. The molecule has 22 heavy (non-hydrogen) atoms. The van der Waals surface area contributed by atoms with Crippen molar-refractivity contribution >= 4 is 16.0 Å². The Balaban J connectivity index is 2.06. The highest BCUT2D eigenvalue weighted by Crippen LogP contribution is 2.21. The third kappa shape index (κ3) is 3.79. The van der Waals surface area contributed by atoms with E-state index in [-0.39, 0.29) is 19.5 Å². The van der Waals surface area contributed by atoms with E-state index in [1.54, 1.807) is 0 Å². The lowest BCUT2D eigenvalue weighted by Gasteiger charge is -2.33. The number of rotatable bonds is 5. The van der Waals surface area contributed by atoms with Gasteiger partial charge in [0.2, 0.25) is 10.0 Å². The average molecular weight is 334 g/mol. The Hall–Kier alpha value is -1.58. The van der Waals surface area contributed by atoms with Gasteiger partial charge < -0.3 is 10.0 Å². The van der Waals surface area contributed by atoms with E-state index in [0.29, 0.717) is 25.7 Å². The molecule has 1 fully saturated rings. The Morgan fingerprint density at radius 2 is 1.82 bits per heavy atom. The smallest absolute Gasteiger partial charge is 0.304 e. The fourth-order valence-corrected chi connectivity index (χ4v) is 3.76. The van der Waals surface area contributed by atoms with Crippen LogP contribution in [0, 0.1) is 11.6 Å². The van der Waals surface area contributed by atoms with Gasteiger partial charge in [-0.25, -0.2) is 17.2 Å². The summed E-state index contributed by atoms with van der Waals surface area (Å²) in [6, 6.07) is 2.31. The van der Waals surface area contributed by atoms with Crippen molar-refractivity contribution in [2.24, 2.45) is 0 Å². The minimum absolute atomic E-state index is 0.0225. The number of halogens is 2. The number of aliphatic carboxylic acids is 1. The molecule has 0 atom stereocenters. The quantitative estimate of drug-likeness (QED) is 0.860. The molecule has 1 aromatic rings. The van der Waals surface area contributed by atoms with Gasteiger partial charge in [0, 0.05) is 32.7 Å². The van der Waals surface area contributed by atoms with E-state index in [0.717, 1.165) is 16.4 Å². The van der Waals surface area contributed by atoms with Crippen LogP contribution in [0.3, 0.4) is 0 Å². The first-order chi connectivity index (χ1) is 10.3. The van der Waals surface area contributed by atoms with Crippen LogP contribution in [0.1, 0.15) is 6.42 Å². The number of piperazine rings is 1. The van der Waals surface area contributed by atoms with Crippen molar-refractivity contribution in [3.63, 3.8) is 0 Å². The topological polar surface area (TPSA) is 77.9 Å². The average Bonchev–Trinajstić information content (AvgIpc) is 2.48. The molecule has 1 saturated heterocycles. The molecule has 1 aliphatic heterocycles. The second-order valence-corrected chi connectivity index (χ2v) is 6.87. The molecule has 122 valence electrons. The van der Waals surface area contributed by atoms with Crippen molar-refractivity contribution in [3.05, 3.63) is 29.8 Å². The van der Waals surface area contributed by atoms with Crippen LogP contribution in [0.2, 0.25) is 0 Å². The molecule has 0 saturated carbocycles. The molecule has 0 unspecified atom stereocenters. The second kappa shape index (κ2) is 6.67. The van der Waals surface area contributed by atoms with Crippen LogP contribution in [0.15, 0.2) is 23.1 Å². The van der Waals surface area contributed by atoms with E-state index in [4.69, 9.17) is 5.11 Å². The molecule has 6 nitrogen and oxygen atoms in total. The second-order valence-electron chi connectivity index (χ2n) is 4.96. The van der Waals surface area contributed by atoms with Crippen LogP contribution >= 0.6 is 0 Å². The molecule has 0 radical (unpaired) electrons. The van der Waals surface area contributed by atoms with Gasteiger partial charge in [0.25, 0.3) is 0 Å². The molecule has 0 bridgehead atoms. The first-order valence-electron chi connectivity index (χ1n) is 6.70. The van der Waals surface area contributed by atoms with Crippen LogP contribution in [-0.4, -0.2) is 61.4 Å². The Bertz CT molecular complexity index is 658. The highest BCUT2D eigenvalue weighted by molar-refractivity contribution is 7.89. The van der Waals surface area contributed by atoms with Crippen molar-refractivity contribution in [2.75, 3.05) is 32.7 Å². The number of nitrogens with zero attached hydrogens (tertiary/aromatic N) is 2. The maximum absolute atomic E-state index is 13.7. The first-order valence-corrected chi connectivity index (χ1v) is 8.14. The third-order valence-electron chi connectivity index (χ3n) is 3.48. The van der Waals surface area contributed by atoms with Crippen LogP contribution in [-0.2, 0) is 14.8 Å². The number of hydrogen-bond donors (Lipinski definition) is 1. The molecular weight excluding hydrogens is 318 g/mol. The molecule has 0 spiro atoms. The van der Waals surface area contributed by atoms with Crippen LogP contribution in [0.4, 0.5) is 8.78 Å². The predicted molar refractivity (Wildman–Crippen MR) is 73.8 cm³/mol. The van der Waals surface area contributed by atoms with Crippen LogP contribution in [0.5, 0.6) is 0 Å². The zero-order chi connectivity index (χ0) is 16.3. The third-order valence-corrected chi connectivity index (χ3v) is 5.40. The number of carboxylic acids is 1. The monoisotopic (exact) mass is 334 g/mol. The number of carboxylic acid groups (broad SMARTS) is 1. The Kier molecular flexibility index (Phi) is 5.09. The minimum atomic E-state index is -4.09. The highest BCUT2D eigenvalue weighted by atomic mass is 32.2. The summed E-state index contributed by atoms with van der Waals surface area (Å²) < 4.78 is 52.6. The van der Waals surface area contributed by atoms with Gasteiger partial charge in [-0.05, 0) is 18.2 Å². The summed E-state index contributed by atoms with van der Waals surface area (Å²) in [5.74, 6) is -2.73. The summed E-state index contributed by atoms with van der Waals surface area (Å²) in [4.78, 5) is 11.7. The zero-order valence-electron chi connectivity index (χ0n) is 11.7. The molecule has 0 aromatic heterocycles. The molecule has 0 amide bonds. The molecule has 0 aliphatic carbocycles. The molecule has 1 aliphatic rings. The minimum Gasteiger partial charge on any atom is -0.481 e. The Labute approximate surface area is 127 Å². The number of carbonyl (C=O) groups is 1. The van der Waals surface area contributed by atoms with E-state index in [1.807, 2.05) is 4.90 Å². The molecule has 2 rings (SSSR count). The highest BCUT2D eigenvalue weighted by Gasteiger charge is 2.30. The van der Waals surface area contributed by atoms with Gasteiger partial charge in [-0.1, -0.05) is 0 Å². The summed E-state index contributed by atoms with van der Waals surface area (Å²) in [6.45, 7) is 1.25. The number of benzene rings is 1. The van der Waals surface area contributed by atoms with E-state index >= 15 is 0 Å². The van der Waals surface area contributed by atoms with Crippen molar-refractivity contribution in [3.8, 4) is 0 Å². The fraction of sp³-hybridized carbons (Fsp3) is 0.462. The van der Waals surface area contributed by atoms with Gasteiger partial charge >= 0.3 is 5.97 Å². The molecule has 1 N–H and O–H groups in total. The molecule has 1 aromatic carbocycles. The number of hydrogen-bond acceptors (Lipinski definition) is 4. The van der Waals surface area contributed by atoms with E-state index in [9.17, 15) is 22.0 Å². The van der Waals surface area contributed by atoms with Gasteiger partial charge in [0.15, 0.2) is 0 Å². The van der Waals surface area contributed by atoms with Crippen molar-refractivity contribution < 1.29 is 27.1 Å². The predicted octanol–water partition coefficient (Wildman–Crippen LogP) is 0.746. The van der Waals surface area contributed by atoms with E-state index in [2.05, 4.69) is 0 Å². The lowest BCUT2D eigenvalue weighted by molar-refractivity contribution is -0.137. The lowest BCUT2D eigenvalue weighted by atomic mass is 10.3. The van der Waals surface area contributed by atoms with Gasteiger partial charge in [-0.2, -0.15) is 4.31 Å². The Morgan fingerprint density at radius 1 is 1.18 bits per heavy atom. The van der Waals surface area contributed by atoms with Crippen LogP contribution in [0.25, 0.3) is 0 Å². The Morgan fingerprint density at radius 3 is 2.41 bits per heavy atom. The van der Waals surface area contributed by atoms with E-state index in [1.165, 1.54) is 0 Å². The maximum Gasteiger partial charge on any atom is 0.304 e. The fourth-order valence-electron chi connectivity index (χ4n) is 2.26. The van der Waals surface area contributed by atoms with E-state index < -0.39 is 32.5 Å². The summed E-state index contributed by atoms with van der Waals surface area (Å²) >= 11 is 0. The SMILES string of the molecule is O=C(O)CCN1CCN(S(=O)(=O)c2cc(F)ccc2F)CC1. The summed E-state index contributed by atoms with van der Waals surface area (Å²) in [6.07, 6.45) is -0.0225. The van der Waals surface area contributed by atoms with Gasteiger partial charge in [0.1, 0.15) is 16.5 Å². The summed E-state index contributed by atoms with van der Waals surface area (Å²) in [5.41, 5.74) is 0. The molecule has 9 heteroatoms. The van der Waals surface area contributed by atoms with Gasteiger partial charge in [0.05, 0.1) is 6.42 Å². The van der Waals surface area contributed by atoms with Crippen molar-refractivity contribution in [1.29, 1.82) is 0 Å². The van der Waals surface area contributed by atoms with Crippen molar-refractivity contribution in [1.82, 2.24) is 9.21 Å². The van der Waals surface area contributed by atoms with Gasteiger partial charge in [-0.15, -0.1) is 0 Å². The normalized spacial score (nSPS) is 17.5. The molecule has 1 heterocycles. The zero-order valence-corrected chi connectivity index (χ0v) is 12.5. The van der Waals surface area contributed by atoms with Crippen LogP contribution < -0.4 is 0 Å². The molecular formula is C13H16F2N2O4S. The largest absolute Gasteiger partial charge is 0.481 e. The number of sulfonamides is 1. The van der Waals surface area contributed by atoms with Gasteiger partial charge in [-0.3, -0.25) is 4.79 Å². The van der Waals surface area contributed by atoms with Crippen molar-refractivity contribution in [2.45, 2.75) is 11.3 Å².